The number of halogens is 1. The lowest BCUT2D eigenvalue weighted by molar-refractivity contribution is -0.116. The van der Waals surface area contributed by atoms with Gasteiger partial charge in [0.05, 0.1) is 18.4 Å². The van der Waals surface area contributed by atoms with Gasteiger partial charge in [0.2, 0.25) is 5.91 Å². The van der Waals surface area contributed by atoms with Gasteiger partial charge in [-0.3, -0.25) is 9.78 Å². The fourth-order valence-electron chi connectivity index (χ4n) is 2.99. The zero-order chi connectivity index (χ0) is 18.1. The summed E-state index contributed by atoms with van der Waals surface area (Å²) in [4.78, 5) is 30.5. The largest absolute Gasteiger partial charge is 0.324 e. The molecule has 3 aromatic rings. The maximum absolute atomic E-state index is 12.8. The minimum absolute atomic E-state index is 0.0453. The van der Waals surface area contributed by atoms with E-state index in [1.165, 1.54) is 4.90 Å². The molecule has 6 nitrogen and oxygen atoms in total. The minimum atomic E-state index is -0.369. The standard InChI is InChI=1S/C19H15ClN4O2/c20-14-5-6-16-13(7-14)10-24(11-18(25)22-16)19(26)23-17-9-21-8-12-3-1-2-4-15(12)17/h1-9H,10-11H2,(H,22,25)(H,23,26). The molecule has 0 radical (unpaired) electrons. The van der Waals surface area contributed by atoms with Crippen molar-refractivity contribution in [3.05, 3.63) is 65.4 Å². The number of hydrogen-bond donors (Lipinski definition) is 2. The number of carbonyl (C=O) groups excluding carboxylic acids is 2. The molecule has 1 aromatic heterocycles. The van der Waals surface area contributed by atoms with Crippen molar-refractivity contribution in [1.29, 1.82) is 0 Å². The van der Waals surface area contributed by atoms with Gasteiger partial charge in [-0.25, -0.2) is 4.79 Å². The van der Waals surface area contributed by atoms with Crippen LogP contribution in [0.15, 0.2) is 54.9 Å². The molecule has 0 saturated carbocycles. The first-order chi connectivity index (χ1) is 12.6. The maximum Gasteiger partial charge on any atom is 0.322 e. The lowest BCUT2D eigenvalue weighted by atomic mass is 10.1. The molecule has 2 aromatic carbocycles. The Bertz CT molecular complexity index is 1020. The van der Waals surface area contributed by atoms with E-state index in [9.17, 15) is 9.59 Å². The van der Waals surface area contributed by atoms with E-state index >= 15 is 0 Å². The summed E-state index contributed by atoms with van der Waals surface area (Å²) in [6, 6.07) is 12.5. The average Bonchev–Trinajstić information content (AvgIpc) is 2.80. The molecular weight excluding hydrogens is 352 g/mol. The monoisotopic (exact) mass is 366 g/mol. The summed E-state index contributed by atoms with van der Waals surface area (Å²) in [5.41, 5.74) is 2.06. The van der Waals surface area contributed by atoms with Gasteiger partial charge in [-0.1, -0.05) is 35.9 Å². The van der Waals surface area contributed by atoms with Crippen molar-refractivity contribution in [3.8, 4) is 0 Å². The smallest absolute Gasteiger partial charge is 0.322 e. The van der Waals surface area contributed by atoms with Gasteiger partial charge in [0.15, 0.2) is 0 Å². The third-order valence-corrected chi connectivity index (χ3v) is 4.47. The van der Waals surface area contributed by atoms with Crippen LogP contribution in [0.3, 0.4) is 0 Å². The zero-order valence-electron chi connectivity index (χ0n) is 13.7. The van der Waals surface area contributed by atoms with Gasteiger partial charge in [0, 0.05) is 27.7 Å². The van der Waals surface area contributed by atoms with E-state index in [0.717, 1.165) is 16.3 Å². The molecule has 3 amide bonds. The highest BCUT2D eigenvalue weighted by Gasteiger charge is 2.23. The number of amides is 3. The second kappa shape index (κ2) is 6.65. The molecule has 0 unspecified atom stereocenters. The highest BCUT2D eigenvalue weighted by Crippen LogP contribution is 2.26. The Labute approximate surface area is 154 Å². The molecule has 26 heavy (non-hydrogen) atoms. The number of anilines is 2. The third-order valence-electron chi connectivity index (χ3n) is 4.23. The fraction of sp³-hybridized carbons (Fsp3) is 0.105. The van der Waals surface area contributed by atoms with Gasteiger partial charge in [-0.05, 0) is 23.8 Å². The lowest BCUT2D eigenvalue weighted by Gasteiger charge is -2.20. The normalized spacial score (nSPS) is 13.7. The number of fused-ring (bicyclic) bond motifs is 2. The van der Waals surface area contributed by atoms with Crippen molar-refractivity contribution in [2.75, 3.05) is 17.2 Å². The number of nitrogens with one attached hydrogen (secondary N) is 2. The van der Waals surface area contributed by atoms with Gasteiger partial charge < -0.3 is 15.5 Å². The summed E-state index contributed by atoms with van der Waals surface area (Å²) in [5.74, 6) is -0.253. The third kappa shape index (κ3) is 3.19. The Balaban J connectivity index is 1.62. The van der Waals surface area contributed by atoms with Crippen LogP contribution >= 0.6 is 11.6 Å². The summed E-state index contributed by atoms with van der Waals surface area (Å²) >= 11 is 6.05. The number of benzene rings is 2. The van der Waals surface area contributed by atoms with E-state index in [0.29, 0.717) is 16.4 Å². The van der Waals surface area contributed by atoms with Gasteiger partial charge in [0.1, 0.15) is 6.54 Å². The average molecular weight is 367 g/mol. The van der Waals surface area contributed by atoms with Crippen LogP contribution in [-0.2, 0) is 11.3 Å². The summed E-state index contributed by atoms with van der Waals surface area (Å²) in [7, 11) is 0. The molecule has 0 saturated heterocycles. The Morgan fingerprint density at radius 1 is 1.15 bits per heavy atom. The van der Waals surface area contributed by atoms with Crippen molar-refractivity contribution in [3.63, 3.8) is 0 Å². The fourth-order valence-corrected chi connectivity index (χ4v) is 3.19. The Morgan fingerprint density at radius 3 is 2.88 bits per heavy atom. The maximum atomic E-state index is 12.8. The van der Waals surface area contributed by atoms with Gasteiger partial charge in [-0.2, -0.15) is 0 Å². The van der Waals surface area contributed by atoms with Crippen LogP contribution < -0.4 is 10.6 Å². The zero-order valence-corrected chi connectivity index (χ0v) is 14.5. The molecule has 4 rings (SSSR count). The molecule has 130 valence electrons. The second-order valence-corrected chi connectivity index (χ2v) is 6.48. The van der Waals surface area contributed by atoms with Gasteiger partial charge in [-0.15, -0.1) is 0 Å². The SMILES string of the molecule is O=C1CN(C(=O)Nc2cncc3ccccc23)Cc2cc(Cl)ccc2N1. The van der Waals surface area contributed by atoms with E-state index in [-0.39, 0.29) is 25.0 Å². The van der Waals surface area contributed by atoms with Crippen LogP contribution in [0.5, 0.6) is 0 Å². The molecule has 2 heterocycles. The number of hydrogen-bond acceptors (Lipinski definition) is 3. The first-order valence-corrected chi connectivity index (χ1v) is 8.45. The van der Waals surface area contributed by atoms with Gasteiger partial charge >= 0.3 is 6.03 Å². The summed E-state index contributed by atoms with van der Waals surface area (Å²) in [5, 5.41) is 8.02. The number of nitrogens with zero attached hydrogens (tertiary/aromatic N) is 2. The van der Waals surface area contributed by atoms with E-state index < -0.39 is 0 Å². The number of rotatable bonds is 1. The first-order valence-electron chi connectivity index (χ1n) is 8.07. The van der Waals surface area contributed by atoms with E-state index in [1.807, 2.05) is 24.3 Å². The summed E-state index contributed by atoms with van der Waals surface area (Å²) in [6.45, 7) is 0.231. The molecule has 1 aliphatic rings. The molecule has 7 heteroatoms. The Kier molecular flexibility index (Phi) is 4.18. The molecule has 0 bridgehead atoms. The molecule has 1 aliphatic heterocycles. The number of aromatic nitrogens is 1. The number of carbonyl (C=O) groups is 2. The Morgan fingerprint density at radius 2 is 2.00 bits per heavy atom. The van der Waals surface area contributed by atoms with Crippen molar-refractivity contribution in [2.45, 2.75) is 6.54 Å². The summed E-state index contributed by atoms with van der Waals surface area (Å²) in [6.07, 6.45) is 3.34. The predicted molar refractivity (Wildman–Crippen MR) is 101 cm³/mol. The highest BCUT2D eigenvalue weighted by atomic mass is 35.5. The molecule has 0 spiro atoms. The quantitative estimate of drug-likeness (QED) is 0.686. The Hall–Kier alpha value is -3.12. The molecule has 2 N–H and O–H groups in total. The van der Waals surface area contributed by atoms with Crippen LogP contribution in [0.25, 0.3) is 10.8 Å². The van der Waals surface area contributed by atoms with Crippen LogP contribution in [-0.4, -0.2) is 28.4 Å². The lowest BCUT2D eigenvalue weighted by Crippen LogP contribution is -2.38. The molecule has 0 atom stereocenters. The second-order valence-electron chi connectivity index (χ2n) is 6.04. The van der Waals surface area contributed by atoms with Crippen LogP contribution in [0.2, 0.25) is 5.02 Å². The van der Waals surface area contributed by atoms with Gasteiger partial charge in [0.25, 0.3) is 0 Å². The number of pyridine rings is 1. The van der Waals surface area contributed by atoms with E-state index in [1.54, 1.807) is 30.6 Å². The summed E-state index contributed by atoms with van der Waals surface area (Å²) < 4.78 is 0. The van der Waals surface area contributed by atoms with E-state index in [2.05, 4.69) is 15.6 Å². The van der Waals surface area contributed by atoms with E-state index in [4.69, 9.17) is 11.6 Å². The van der Waals surface area contributed by atoms with Crippen LogP contribution in [0.1, 0.15) is 5.56 Å². The highest BCUT2D eigenvalue weighted by molar-refractivity contribution is 6.30. The predicted octanol–water partition coefficient (Wildman–Crippen LogP) is 3.87. The molecule has 0 aliphatic carbocycles. The van der Waals surface area contributed by atoms with Crippen molar-refractivity contribution in [2.24, 2.45) is 0 Å². The molecule has 0 fully saturated rings. The van der Waals surface area contributed by atoms with Crippen molar-refractivity contribution >= 4 is 45.7 Å². The first kappa shape index (κ1) is 16.4. The van der Waals surface area contributed by atoms with Crippen molar-refractivity contribution in [1.82, 2.24) is 9.88 Å². The minimum Gasteiger partial charge on any atom is -0.324 e. The van der Waals surface area contributed by atoms with Crippen LogP contribution in [0, 0.1) is 0 Å². The van der Waals surface area contributed by atoms with Crippen molar-refractivity contribution < 1.29 is 9.59 Å². The number of urea groups is 1. The topological polar surface area (TPSA) is 74.3 Å². The van der Waals surface area contributed by atoms with Crippen LogP contribution in [0.4, 0.5) is 16.2 Å². The molecular formula is C19H15ClN4O2.